The molecule has 4 unspecified atom stereocenters. The molecule has 4 heterocycles. The first-order valence-corrected chi connectivity index (χ1v) is 34.5. The molecule has 18 nitrogen and oxygen atoms in total. The molecular formula is C56H90ClN7O11S8. The van der Waals surface area contributed by atoms with Crippen LogP contribution in [0.1, 0.15) is 127 Å². The van der Waals surface area contributed by atoms with Gasteiger partial charge in [-0.05, 0) is 168 Å². The van der Waals surface area contributed by atoms with Crippen LogP contribution in [-0.4, -0.2) is 150 Å². The molecule has 0 aliphatic carbocycles. The zero-order chi connectivity index (χ0) is 63.5. The molecule has 83 heavy (non-hydrogen) atoms. The number of thiol groups is 1. The largest absolute Gasteiger partial charge is 0.357 e. The highest BCUT2D eigenvalue weighted by atomic mass is 35.5. The smallest absolute Gasteiger partial charge is 0.274 e. The van der Waals surface area contributed by atoms with Crippen LogP contribution in [0.25, 0.3) is 0 Å². The number of hydroxylamine groups is 1. The molecule has 27 heteroatoms. The first-order valence-electron chi connectivity index (χ1n) is 26.4. The fourth-order valence-corrected chi connectivity index (χ4v) is 22.1. The molecule has 4 fully saturated rings. The van der Waals surface area contributed by atoms with E-state index < -0.39 is 55.3 Å². The van der Waals surface area contributed by atoms with Gasteiger partial charge in [0.15, 0.2) is 21.3 Å². The molecule has 4 aliphatic rings. The quantitative estimate of drug-likeness (QED) is 0.0594. The number of thioether (sulfide) groups is 4. The van der Waals surface area contributed by atoms with Gasteiger partial charge in [-0.3, -0.25) is 29.7 Å². The number of likely N-dealkylation sites (N-methyl/N-ethyl adjacent to an activating group) is 1. The maximum atomic E-state index is 13.0. The van der Waals surface area contributed by atoms with Crippen molar-refractivity contribution in [3.05, 3.63) is 89.5 Å². The van der Waals surface area contributed by atoms with Crippen molar-refractivity contribution < 1.29 is 49.6 Å². The maximum absolute atomic E-state index is 13.0. The van der Waals surface area contributed by atoms with Gasteiger partial charge in [0, 0.05) is 63.5 Å². The molecule has 2 amide bonds. The van der Waals surface area contributed by atoms with Crippen molar-refractivity contribution in [1.29, 1.82) is 0 Å². The van der Waals surface area contributed by atoms with Gasteiger partial charge >= 0.3 is 0 Å². The zero-order valence-electron chi connectivity index (χ0n) is 51.6. The number of carbonyl (C=O) groups excluding carboxylic acids is 4. The van der Waals surface area contributed by atoms with Crippen molar-refractivity contribution in [1.82, 2.24) is 29.0 Å². The number of halogens is 1. The summed E-state index contributed by atoms with van der Waals surface area (Å²) in [7, 11) is -9.75. The molecule has 0 radical (unpaired) electrons. The third kappa shape index (κ3) is 19.1. The highest BCUT2D eigenvalue weighted by molar-refractivity contribution is 8.05. The van der Waals surface area contributed by atoms with Crippen molar-refractivity contribution in [2.24, 2.45) is 5.73 Å². The number of nitrogens with two attached hydrogens (primary N) is 1. The van der Waals surface area contributed by atoms with Crippen LogP contribution >= 0.6 is 72.1 Å². The molecule has 4 aliphatic heterocycles. The number of Topliss-reactive ketones (excluding diaryl/α,β-unsaturated/α-hetero) is 2. The summed E-state index contributed by atoms with van der Waals surface area (Å²) in [6.45, 7) is 37.7. The van der Waals surface area contributed by atoms with Crippen molar-refractivity contribution in [3.63, 3.8) is 0 Å². The van der Waals surface area contributed by atoms with Crippen molar-refractivity contribution in [2.45, 2.75) is 189 Å². The van der Waals surface area contributed by atoms with E-state index in [0.717, 1.165) is 27.5 Å². The molecule has 6 N–H and O–H groups in total. The second-order valence-corrected chi connectivity index (χ2v) is 39.6. The Hall–Kier alpha value is -2.41. The van der Waals surface area contributed by atoms with Crippen LogP contribution in [0.2, 0.25) is 0 Å². The normalized spacial score (nSPS) is 25.5. The fourth-order valence-electron chi connectivity index (χ4n) is 8.91. The molecule has 3 aromatic carbocycles. The van der Waals surface area contributed by atoms with Gasteiger partial charge in [0.2, 0.25) is 30.1 Å². The number of amides is 2. The molecule has 0 aromatic heterocycles. The van der Waals surface area contributed by atoms with Crippen molar-refractivity contribution in [2.75, 3.05) is 39.8 Å². The van der Waals surface area contributed by atoms with Gasteiger partial charge in [-0.2, -0.15) is 25.5 Å². The van der Waals surface area contributed by atoms with Gasteiger partial charge in [0.1, 0.15) is 9.74 Å². The monoisotopic (exact) mass is 1330 g/mol. The minimum Gasteiger partial charge on any atom is -0.357 e. The predicted octanol–water partition coefficient (Wildman–Crippen LogP) is 9.00. The maximum Gasteiger partial charge on any atom is 0.274 e. The lowest BCUT2D eigenvalue weighted by Crippen LogP contribution is -2.53. The minimum absolute atomic E-state index is 0. The van der Waals surface area contributed by atoms with E-state index in [0.29, 0.717) is 13.1 Å². The predicted molar refractivity (Wildman–Crippen MR) is 348 cm³/mol. The highest BCUT2D eigenvalue weighted by Gasteiger charge is 2.59. The van der Waals surface area contributed by atoms with E-state index >= 15 is 0 Å². The number of nitrogens with one attached hydrogen (secondary N) is 3. The van der Waals surface area contributed by atoms with Crippen LogP contribution in [0.15, 0.2) is 87.5 Å². The van der Waals surface area contributed by atoms with Crippen LogP contribution in [0, 0.1) is 20.8 Å². The third-order valence-corrected chi connectivity index (χ3v) is 26.0. The Kier molecular flexibility index (Phi) is 25.8. The van der Waals surface area contributed by atoms with E-state index in [1.54, 1.807) is 98.7 Å². The summed E-state index contributed by atoms with van der Waals surface area (Å²) in [5.41, 5.74) is 9.75. The average molecular weight is 1330 g/mol. The number of nitrogens with zero attached hydrogens (tertiary/aromatic N) is 3. The second-order valence-electron chi connectivity index (χ2n) is 24.4. The summed E-state index contributed by atoms with van der Waals surface area (Å²) in [5.74, 6) is -0.987. The standard InChI is InChI=1S/C15H22N2O3S2.C15H21NO3S2.C14H20N2O4S2.C8H15NOS.C4H11NS.ClH/c1-11-6-8-12(9-7-11)22(19,20)17-10-14(2,3)21-15(17,4)13(18)16-5;1-11-6-8-13(9-7-11)21(18,19)16-10-14(3,4)20-15(16,5)12(2)17;1-10-5-7-11(8-6-10)22(19,20)16-9-13(2,3)21-14(16,4)12(17)15-18;1-6(10)8(4)9-5-7(2,3)11-8;1-4(2,6)3-5;/h6-9H,10H2,1-5H3,(H,16,18);6-9H,10H2,1-5H3;5-8,18H,9H2,1-4H3,(H,15,17);9H,5H2,1-4H3;6H,3,5H2,1-2H3;1H. The lowest BCUT2D eigenvalue weighted by atomic mass is 10.2. The Morgan fingerprint density at radius 3 is 1.05 bits per heavy atom. The molecule has 4 saturated heterocycles. The Morgan fingerprint density at radius 1 is 0.554 bits per heavy atom. The van der Waals surface area contributed by atoms with Gasteiger partial charge in [-0.25, -0.2) is 30.7 Å². The zero-order valence-corrected chi connectivity index (χ0v) is 59.1. The van der Waals surface area contributed by atoms with Crippen LogP contribution in [0.4, 0.5) is 0 Å². The Balaban J connectivity index is 0.000000371. The number of ketones is 2. The molecule has 7 rings (SSSR count). The molecule has 0 bridgehead atoms. The first kappa shape index (κ1) is 76.7. The van der Waals surface area contributed by atoms with Crippen LogP contribution in [-0.2, 0) is 49.2 Å². The molecule has 470 valence electrons. The van der Waals surface area contributed by atoms with E-state index in [2.05, 4.69) is 37.1 Å². The molecule has 0 spiro atoms. The summed E-state index contributed by atoms with van der Waals surface area (Å²) >= 11 is 9.84. The first-order chi connectivity index (χ1) is 37.0. The van der Waals surface area contributed by atoms with E-state index in [-0.39, 0.29) is 81.5 Å². The number of hydrogen-bond donors (Lipinski definition) is 6. The Morgan fingerprint density at radius 2 is 0.831 bits per heavy atom. The van der Waals surface area contributed by atoms with Crippen molar-refractivity contribution >= 4 is 126 Å². The number of sulfonamides is 3. The molecule has 0 saturated carbocycles. The number of rotatable bonds is 11. The Labute approximate surface area is 524 Å². The minimum atomic E-state index is -3.85. The summed E-state index contributed by atoms with van der Waals surface area (Å²) < 4.78 is 80.6. The lowest BCUT2D eigenvalue weighted by molar-refractivity contribution is -0.133. The number of benzene rings is 3. The number of aryl methyl sites for hydroxylation is 3. The fraction of sp³-hybridized carbons (Fsp3) is 0.607. The van der Waals surface area contributed by atoms with Gasteiger partial charge in [0.25, 0.3) is 11.8 Å². The van der Waals surface area contributed by atoms with E-state index in [1.807, 2.05) is 83.1 Å². The summed E-state index contributed by atoms with van der Waals surface area (Å²) in [4.78, 5) is 44.3. The number of hydrogen-bond acceptors (Lipinski definition) is 18. The van der Waals surface area contributed by atoms with Crippen LogP contribution in [0.3, 0.4) is 0 Å². The van der Waals surface area contributed by atoms with Gasteiger partial charge in [0.05, 0.1) is 14.7 Å². The van der Waals surface area contributed by atoms with Crippen LogP contribution < -0.4 is 21.8 Å². The summed E-state index contributed by atoms with van der Waals surface area (Å²) in [6.07, 6.45) is 0. The number of carbonyl (C=O) groups is 4. The molecular weight excluding hydrogens is 1240 g/mol. The second kappa shape index (κ2) is 28.0. The van der Waals surface area contributed by atoms with Gasteiger partial charge < -0.3 is 11.1 Å². The average Bonchev–Trinajstić information content (AvgIpc) is 2.50. The van der Waals surface area contributed by atoms with E-state index in [9.17, 15) is 44.4 Å². The highest BCUT2D eigenvalue weighted by Crippen LogP contribution is 2.52. The molecule has 4 atom stereocenters. The molecule has 3 aromatic rings. The van der Waals surface area contributed by atoms with Gasteiger partial charge in [-0.15, -0.1) is 59.5 Å². The van der Waals surface area contributed by atoms with Crippen molar-refractivity contribution in [3.8, 4) is 0 Å². The van der Waals surface area contributed by atoms with Gasteiger partial charge in [-0.1, -0.05) is 53.1 Å². The summed E-state index contributed by atoms with van der Waals surface area (Å²) in [5, 5.41) is 14.8. The van der Waals surface area contributed by atoms with Crippen LogP contribution in [0.5, 0.6) is 0 Å². The van der Waals surface area contributed by atoms with E-state index in [4.69, 9.17) is 10.9 Å². The SMILES string of the molecule is CC(=O)C1(C)NCC(C)(C)S1.CC(=O)C1(C)SC(C)(C)CN1S(=O)(=O)c1ccc(C)cc1.CC(C)(S)CN.CNC(=O)C1(C)SC(C)(C)CN1S(=O)(=O)c1ccc(C)cc1.Cc1ccc(S(=O)(=O)N2CC(C)(C)SC2(C)C(=O)NO)cc1.Cl. The third-order valence-electron chi connectivity index (χ3n) is 13.6. The Bertz CT molecular complexity index is 3010. The van der Waals surface area contributed by atoms with E-state index in [1.165, 1.54) is 76.9 Å². The topological polar surface area (TPSA) is 263 Å². The summed E-state index contributed by atoms with van der Waals surface area (Å²) in [6, 6.07) is 19.9. The lowest BCUT2D eigenvalue weighted by Gasteiger charge is -2.31.